The van der Waals surface area contributed by atoms with E-state index < -0.39 is 29.2 Å². The molecule has 0 aromatic heterocycles. The molecule has 140 valence electrons. The van der Waals surface area contributed by atoms with E-state index in [1.165, 1.54) is 0 Å². The van der Waals surface area contributed by atoms with E-state index in [1.807, 2.05) is 0 Å². The van der Waals surface area contributed by atoms with Gasteiger partial charge in [0.2, 0.25) is 0 Å². The number of carbonyl (C=O) groups excluding carboxylic acids is 2. The Labute approximate surface area is 154 Å². The third kappa shape index (κ3) is 4.75. The summed E-state index contributed by atoms with van der Waals surface area (Å²) in [5.41, 5.74) is -1.16. The number of anilines is 1. The Kier molecular flexibility index (Phi) is 5.60. The summed E-state index contributed by atoms with van der Waals surface area (Å²) in [7, 11) is 0. The second-order valence-electron chi connectivity index (χ2n) is 6.62. The maximum absolute atomic E-state index is 13.3. The molecule has 2 rings (SSSR count). The lowest BCUT2D eigenvalue weighted by Crippen LogP contribution is -2.46. The van der Waals surface area contributed by atoms with Crippen LogP contribution in [0.3, 0.4) is 0 Å². The number of aliphatic hydroxyl groups excluding tert-OH is 1. The first kappa shape index (κ1) is 19.8. The smallest absolute Gasteiger partial charge is 0.417 e. The van der Waals surface area contributed by atoms with E-state index in [9.17, 15) is 23.5 Å². The van der Waals surface area contributed by atoms with E-state index in [-0.39, 0.29) is 35.0 Å². The number of hydrogen-bond donors (Lipinski definition) is 2. The van der Waals surface area contributed by atoms with Gasteiger partial charge in [0.1, 0.15) is 33.6 Å². The fraction of sp³-hybridized carbons (Fsp3) is 0.353. The minimum Gasteiger partial charge on any atom is -0.511 e. The highest BCUT2D eigenvalue weighted by Gasteiger charge is 2.36. The highest BCUT2D eigenvalue weighted by molar-refractivity contribution is 7.81. The van der Waals surface area contributed by atoms with E-state index in [0.717, 1.165) is 17.0 Å². The molecule has 0 bridgehead atoms. The lowest BCUT2D eigenvalue weighted by atomic mass is 10.1. The maximum Gasteiger partial charge on any atom is 0.417 e. The zero-order valence-corrected chi connectivity index (χ0v) is 15.2. The number of rotatable bonds is 2. The van der Waals surface area contributed by atoms with Crippen molar-refractivity contribution in [2.45, 2.75) is 32.8 Å². The van der Waals surface area contributed by atoms with Gasteiger partial charge in [-0.3, -0.25) is 4.79 Å². The third-order valence-corrected chi connectivity index (χ3v) is 3.59. The molecule has 0 saturated carbocycles. The lowest BCUT2D eigenvalue weighted by Gasteiger charge is -2.29. The third-order valence-electron chi connectivity index (χ3n) is 3.28. The molecular weight excluding hydrogens is 366 g/mol. The molecule has 9 heteroatoms. The first-order chi connectivity index (χ1) is 12.0. The number of imide groups is 1. The summed E-state index contributed by atoms with van der Waals surface area (Å²) in [4.78, 5) is 25.3. The van der Waals surface area contributed by atoms with Gasteiger partial charge >= 0.3 is 6.09 Å². The summed E-state index contributed by atoms with van der Waals surface area (Å²) in [6.45, 7) is 4.88. The van der Waals surface area contributed by atoms with Gasteiger partial charge in [0.15, 0.2) is 0 Å². The number of halogens is 2. The van der Waals surface area contributed by atoms with Crippen molar-refractivity contribution >= 4 is 34.9 Å². The van der Waals surface area contributed by atoms with Gasteiger partial charge in [-0.1, -0.05) is 12.2 Å². The summed E-state index contributed by atoms with van der Waals surface area (Å²) in [6, 6.07) is 2.64. The monoisotopic (exact) mass is 384 g/mol. The van der Waals surface area contributed by atoms with Crippen LogP contribution in [0.5, 0.6) is 0 Å². The molecule has 0 radical (unpaired) electrons. The molecule has 0 aliphatic carbocycles. The largest absolute Gasteiger partial charge is 0.511 e. The average molecular weight is 384 g/mol. The summed E-state index contributed by atoms with van der Waals surface area (Å²) < 4.78 is 31.7. The summed E-state index contributed by atoms with van der Waals surface area (Å²) in [5.74, 6) is -2.83. The topological polar surface area (TPSA) is 78.9 Å². The molecule has 1 heterocycles. The Bertz CT molecular complexity index is 782. The fourth-order valence-corrected chi connectivity index (χ4v) is 2.56. The Morgan fingerprint density at radius 1 is 1.27 bits per heavy atom. The fourth-order valence-electron chi connectivity index (χ4n) is 2.24. The van der Waals surface area contributed by atoms with Crippen molar-refractivity contribution in [2.24, 2.45) is 0 Å². The predicted molar refractivity (Wildman–Crippen MR) is 94.8 cm³/mol. The van der Waals surface area contributed by atoms with Crippen LogP contribution in [0.4, 0.5) is 19.3 Å². The molecular formula is C17H18F2N2O4S. The van der Waals surface area contributed by atoms with Crippen molar-refractivity contribution in [3.8, 4) is 0 Å². The molecule has 0 unspecified atom stereocenters. The number of benzene rings is 1. The van der Waals surface area contributed by atoms with Gasteiger partial charge < -0.3 is 15.2 Å². The van der Waals surface area contributed by atoms with Gasteiger partial charge in [-0.2, -0.15) is 0 Å². The van der Waals surface area contributed by atoms with Crippen LogP contribution in [0.15, 0.2) is 29.5 Å². The number of amides is 2. The van der Waals surface area contributed by atoms with Gasteiger partial charge in [-0.05, 0) is 32.9 Å². The minimum absolute atomic E-state index is 0.0142. The quantitative estimate of drug-likeness (QED) is 0.758. The first-order valence-corrected chi connectivity index (χ1v) is 8.13. The van der Waals surface area contributed by atoms with Gasteiger partial charge in [0.05, 0.1) is 0 Å². The van der Waals surface area contributed by atoms with Crippen LogP contribution in [0.1, 0.15) is 27.2 Å². The maximum atomic E-state index is 13.3. The number of nitrogens with one attached hydrogen (secondary N) is 1. The number of carbonyl (C=O) groups is 2. The van der Waals surface area contributed by atoms with Crippen LogP contribution in [-0.2, 0) is 9.53 Å². The number of thiocarbonyl (C=S) groups is 1. The van der Waals surface area contributed by atoms with E-state index in [4.69, 9.17) is 17.0 Å². The summed E-state index contributed by atoms with van der Waals surface area (Å²) in [5, 5.41) is 12.5. The van der Waals surface area contributed by atoms with E-state index in [0.29, 0.717) is 6.07 Å². The van der Waals surface area contributed by atoms with E-state index in [1.54, 1.807) is 20.8 Å². The van der Waals surface area contributed by atoms with Gasteiger partial charge in [0.25, 0.3) is 5.91 Å². The van der Waals surface area contributed by atoms with Gasteiger partial charge in [0, 0.05) is 24.7 Å². The van der Waals surface area contributed by atoms with Gasteiger partial charge in [-0.25, -0.2) is 18.5 Å². The lowest BCUT2D eigenvalue weighted by molar-refractivity contribution is -0.126. The molecule has 0 saturated heterocycles. The van der Waals surface area contributed by atoms with Crippen LogP contribution in [0.2, 0.25) is 0 Å². The molecule has 1 aliphatic heterocycles. The van der Waals surface area contributed by atoms with Crippen molar-refractivity contribution in [3.05, 3.63) is 41.2 Å². The first-order valence-electron chi connectivity index (χ1n) is 7.72. The molecule has 6 nitrogen and oxygen atoms in total. The molecule has 0 atom stereocenters. The Morgan fingerprint density at radius 3 is 2.38 bits per heavy atom. The van der Waals surface area contributed by atoms with Gasteiger partial charge in [-0.15, -0.1) is 0 Å². The Morgan fingerprint density at radius 2 is 1.85 bits per heavy atom. The number of ether oxygens (including phenoxy) is 1. The Hall–Kier alpha value is -2.55. The molecule has 1 aromatic rings. The SMILES string of the molecule is CC(C)(C)OC(=O)N1CCC(O)=C(C(=S)Nc2cc(F)cc(F)c2)C1=O. The highest BCUT2D eigenvalue weighted by atomic mass is 32.1. The molecule has 1 aromatic carbocycles. The van der Waals surface area contributed by atoms with Crippen LogP contribution in [-0.4, -0.2) is 39.1 Å². The van der Waals surface area contributed by atoms with Crippen LogP contribution < -0.4 is 5.32 Å². The van der Waals surface area contributed by atoms with E-state index >= 15 is 0 Å². The normalized spacial score (nSPS) is 15.1. The van der Waals surface area contributed by atoms with Crippen LogP contribution in [0.25, 0.3) is 0 Å². The number of aliphatic hydroxyl groups is 1. The van der Waals surface area contributed by atoms with Crippen molar-refractivity contribution < 1.29 is 28.2 Å². The van der Waals surface area contributed by atoms with Crippen LogP contribution in [0, 0.1) is 11.6 Å². The number of nitrogens with zero attached hydrogens (tertiary/aromatic N) is 1. The standard InChI is InChI=1S/C17H18F2N2O4S/c1-17(2,3)25-16(24)21-5-4-12(22)13(15(21)23)14(26)20-11-7-9(18)6-10(19)8-11/h6-8,22H,4-5H2,1-3H3,(H,20,26). The highest BCUT2D eigenvalue weighted by Crippen LogP contribution is 2.23. The van der Waals surface area contributed by atoms with Crippen molar-refractivity contribution in [1.29, 1.82) is 0 Å². The molecule has 0 fully saturated rings. The molecule has 2 amide bonds. The minimum atomic E-state index is -0.868. The van der Waals surface area contributed by atoms with Crippen molar-refractivity contribution in [3.63, 3.8) is 0 Å². The molecule has 2 N–H and O–H groups in total. The zero-order valence-electron chi connectivity index (χ0n) is 14.4. The van der Waals surface area contributed by atoms with Crippen LogP contribution >= 0.6 is 12.2 Å². The molecule has 1 aliphatic rings. The predicted octanol–water partition coefficient (Wildman–Crippen LogP) is 3.68. The molecule has 0 spiro atoms. The summed E-state index contributed by atoms with van der Waals surface area (Å²) >= 11 is 5.07. The number of hydrogen-bond acceptors (Lipinski definition) is 5. The second-order valence-corrected chi connectivity index (χ2v) is 7.03. The summed E-state index contributed by atoms with van der Waals surface area (Å²) in [6.07, 6.45) is -0.883. The zero-order chi connectivity index (χ0) is 19.6. The van der Waals surface area contributed by atoms with E-state index in [2.05, 4.69) is 5.32 Å². The second kappa shape index (κ2) is 7.36. The van der Waals surface area contributed by atoms with Crippen molar-refractivity contribution in [1.82, 2.24) is 4.90 Å². The molecule has 26 heavy (non-hydrogen) atoms. The van der Waals surface area contributed by atoms with Crippen molar-refractivity contribution in [2.75, 3.05) is 11.9 Å². The Balaban J connectivity index is 2.22. The average Bonchev–Trinajstić information content (AvgIpc) is 2.43.